The van der Waals surface area contributed by atoms with Crippen molar-refractivity contribution in [2.75, 3.05) is 0 Å². The third-order valence-corrected chi connectivity index (χ3v) is 2.37. The highest BCUT2D eigenvalue weighted by Gasteiger charge is 2.06. The predicted octanol–water partition coefficient (Wildman–Crippen LogP) is 1.96. The average molecular weight is 175 g/mol. The molecule has 0 aliphatic heterocycles. The Morgan fingerprint density at radius 2 is 1.69 bits per heavy atom. The molecule has 0 spiro atoms. The molecule has 0 amide bonds. The summed E-state index contributed by atoms with van der Waals surface area (Å²) in [4.78, 5) is 8.85. The quantitative estimate of drug-likeness (QED) is 0.612. The van der Waals surface area contributed by atoms with Crippen molar-refractivity contribution in [3.05, 3.63) is 29.0 Å². The fourth-order valence-corrected chi connectivity index (χ4v) is 1.57. The summed E-state index contributed by atoms with van der Waals surface area (Å²) in [5, 5.41) is 0. The van der Waals surface area contributed by atoms with Gasteiger partial charge in [0.15, 0.2) is 5.65 Å². The molecule has 0 atom stereocenters. The van der Waals surface area contributed by atoms with Gasteiger partial charge >= 0.3 is 0 Å². The van der Waals surface area contributed by atoms with Gasteiger partial charge in [-0.15, -0.1) is 0 Å². The molecule has 2 heterocycles. The average Bonchev–Trinajstić information content (AvgIpc) is 2.44. The van der Waals surface area contributed by atoms with Gasteiger partial charge in [0.1, 0.15) is 0 Å². The van der Waals surface area contributed by atoms with Gasteiger partial charge in [-0.25, -0.2) is 4.98 Å². The Labute approximate surface area is 77.4 Å². The number of rotatable bonds is 0. The minimum Gasteiger partial charge on any atom is -0.301 e. The topological polar surface area (TPSA) is 30.2 Å². The zero-order chi connectivity index (χ0) is 9.59. The minimum atomic E-state index is 0.973. The summed E-state index contributed by atoms with van der Waals surface area (Å²) in [6.07, 6.45) is 2.05. The van der Waals surface area contributed by atoms with Crippen molar-refractivity contribution >= 4 is 5.65 Å². The molecule has 3 nitrogen and oxygen atoms in total. The molecule has 0 saturated carbocycles. The highest BCUT2D eigenvalue weighted by molar-refractivity contribution is 5.46. The summed E-state index contributed by atoms with van der Waals surface area (Å²) < 4.78 is 2.10. The molecule has 2 aromatic rings. The van der Waals surface area contributed by atoms with Crippen LogP contribution in [0.15, 0.2) is 6.20 Å². The summed E-state index contributed by atoms with van der Waals surface area (Å²) in [6.45, 7) is 8.09. The van der Waals surface area contributed by atoms with Crippen LogP contribution >= 0.6 is 0 Å². The van der Waals surface area contributed by atoms with E-state index in [4.69, 9.17) is 0 Å². The third-order valence-electron chi connectivity index (χ3n) is 2.37. The first-order chi connectivity index (χ1) is 6.09. The lowest BCUT2D eigenvalue weighted by atomic mass is 10.3. The van der Waals surface area contributed by atoms with Gasteiger partial charge in [-0.05, 0) is 27.7 Å². The van der Waals surface area contributed by atoms with Crippen LogP contribution in [0, 0.1) is 27.7 Å². The summed E-state index contributed by atoms with van der Waals surface area (Å²) in [7, 11) is 0. The molecule has 0 fully saturated rings. The van der Waals surface area contributed by atoms with E-state index in [9.17, 15) is 0 Å². The summed E-state index contributed by atoms with van der Waals surface area (Å²) in [5.74, 6) is 0. The van der Waals surface area contributed by atoms with Crippen molar-refractivity contribution in [1.29, 1.82) is 0 Å². The van der Waals surface area contributed by atoms with Crippen molar-refractivity contribution < 1.29 is 0 Å². The summed E-state index contributed by atoms with van der Waals surface area (Å²) in [5.41, 5.74) is 5.25. The number of hydrogen-bond donors (Lipinski definition) is 0. The Bertz CT molecular complexity index is 468. The molecule has 13 heavy (non-hydrogen) atoms. The fraction of sp³-hybridized carbons (Fsp3) is 0.400. The maximum absolute atomic E-state index is 4.43. The molecule has 0 saturated heterocycles. The first-order valence-electron chi connectivity index (χ1n) is 4.39. The molecule has 0 aliphatic carbocycles. The van der Waals surface area contributed by atoms with E-state index in [1.54, 1.807) is 0 Å². The smallest absolute Gasteiger partial charge is 0.158 e. The normalized spacial score (nSPS) is 11.1. The number of hydrogen-bond acceptors (Lipinski definition) is 2. The van der Waals surface area contributed by atoms with Gasteiger partial charge in [0, 0.05) is 11.9 Å². The zero-order valence-electron chi connectivity index (χ0n) is 8.42. The van der Waals surface area contributed by atoms with Gasteiger partial charge in [0.2, 0.25) is 0 Å². The van der Waals surface area contributed by atoms with Crippen LogP contribution in [0.5, 0.6) is 0 Å². The van der Waals surface area contributed by atoms with E-state index in [2.05, 4.69) is 21.3 Å². The van der Waals surface area contributed by atoms with Crippen molar-refractivity contribution in [3.8, 4) is 0 Å². The summed E-state index contributed by atoms with van der Waals surface area (Å²) in [6, 6.07) is 0. The molecule has 68 valence electrons. The maximum atomic E-state index is 4.43. The molecule has 0 aromatic carbocycles. The third kappa shape index (κ3) is 1.11. The molecular weight excluding hydrogens is 162 g/mol. The van der Waals surface area contributed by atoms with Crippen LogP contribution in [0.4, 0.5) is 0 Å². The highest BCUT2D eigenvalue weighted by Crippen LogP contribution is 2.13. The van der Waals surface area contributed by atoms with Gasteiger partial charge in [0.05, 0.1) is 17.1 Å². The second-order valence-corrected chi connectivity index (χ2v) is 3.44. The molecule has 0 aliphatic rings. The standard InChI is InChI=1S/C10H13N3/c1-6-5-13-9(4)7(2)12-8(3)10(13)11-6/h5H,1-4H3. The van der Waals surface area contributed by atoms with Gasteiger partial charge in [-0.2, -0.15) is 0 Å². The van der Waals surface area contributed by atoms with Crippen LogP contribution in [0.1, 0.15) is 22.8 Å². The van der Waals surface area contributed by atoms with Crippen molar-refractivity contribution in [3.63, 3.8) is 0 Å². The second-order valence-electron chi connectivity index (χ2n) is 3.44. The van der Waals surface area contributed by atoms with Crippen LogP contribution in [0.25, 0.3) is 5.65 Å². The number of fused-ring (bicyclic) bond motifs is 1. The van der Waals surface area contributed by atoms with Crippen LogP contribution in [-0.4, -0.2) is 14.4 Å². The minimum absolute atomic E-state index is 0.973. The lowest BCUT2D eigenvalue weighted by molar-refractivity contribution is 0.969. The van der Waals surface area contributed by atoms with Crippen LogP contribution in [0.2, 0.25) is 0 Å². The molecule has 2 aromatic heterocycles. The molecule has 0 N–H and O–H groups in total. The number of aryl methyl sites for hydroxylation is 4. The van der Waals surface area contributed by atoms with E-state index in [0.717, 1.165) is 22.7 Å². The van der Waals surface area contributed by atoms with E-state index in [0.29, 0.717) is 0 Å². The first-order valence-corrected chi connectivity index (χ1v) is 4.39. The molecular formula is C10H13N3. The number of imidazole rings is 1. The van der Waals surface area contributed by atoms with Gasteiger partial charge < -0.3 is 4.40 Å². The van der Waals surface area contributed by atoms with Crippen LogP contribution in [0.3, 0.4) is 0 Å². The second kappa shape index (κ2) is 2.55. The lowest BCUT2D eigenvalue weighted by Crippen LogP contribution is -1.99. The molecule has 3 heteroatoms. The van der Waals surface area contributed by atoms with E-state index >= 15 is 0 Å². The fourth-order valence-electron chi connectivity index (χ4n) is 1.57. The van der Waals surface area contributed by atoms with Gasteiger partial charge in [-0.3, -0.25) is 4.98 Å². The Morgan fingerprint density at radius 3 is 2.38 bits per heavy atom. The van der Waals surface area contributed by atoms with E-state index in [-0.39, 0.29) is 0 Å². The van der Waals surface area contributed by atoms with E-state index in [1.165, 1.54) is 5.69 Å². The van der Waals surface area contributed by atoms with Crippen LogP contribution < -0.4 is 0 Å². The van der Waals surface area contributed by atoms with Crippen molar-refractivity contribution in [1.82, 2.24) is 14.4 Å². The lowest BCUT2D eigenvalue weighted by Gasteiger charge is -2.04. The van der Waals surface area contributed by atoms with E-state index < -0.39 is 0 Å². The first kappa shape index (κ1) is 8.23. The van der Waals surface area contributed by atoms with Gasteiger partial charge in [0.25, 0.3) is 0 Å². The molecule has 2 rings (SSSR count). The maximum Gasteiger partial charge on any atom is 0.158 e. The number of aromatic nitrogens is 3. The van der Waals surface area contributed by atoms with Crippen molar-refractivity contribution in [2.45, 2.75) is 27.7 Å². The molecule has 0 bridgehead atoms. The van der Waals surface area contributed by atoms with Crippen molar-refractivity contribution in [2.24, 2.45) is 0 Å². The highest BCUT2D eigenvalue weighted by atomic mass is 15.0. The van der Waals surface area contributed by atoms with Gasteiger partial charge in [-0.1, -0.05) is 0 Å². The SMILES string of the molecule is Cc1cn2c(C)c(C)nc(C)c2n1. The summed E-state index contributed by atoms with van der Waals surface area (Å²) >= 11 is 0. The monoisotopic (exact) mass is 175 g/mol. The Morgan fingerprint density at radius 1 is 1.00 bits per heavy atom. The molecule has 0 unspecified atom stereocenters. The zero-order valence-corrected chi connectivity index (χ0v) is 8.42. The van der Waals surface area contributed by atoms with Crippen LogP contribution in [-0.2, 0) is 0 Å². The Kier molecular flexibility index (Phi) is 1.62. The Hall–Kier alpha value is -1.38. The largest absolute Gasteiger partial charge is 0.301 e. The van der Waals surface area contributed by atoms with E-state index in [1.807, 2.05) is 27.0 Å². The predicted molar refractivity (Wildman–Crippen MR) is 51.9 cm³/mol. The molecule has 0 radical (unpaired) electrons. The number of nitrogens with zero attached hydrogens (tertiary/aromatic N) is 3. The Balaban J connectivity index is 2.95.